The molecule has 0 spiro atoms. The Morgan fingerprint density at radius 1 is 0.914 bits per heavy atom. The quantitative estimate of drug-likeness (QED) is 0.399. The molecule has 1 N–H and O–H groups in total. The summed E-state index contributed by atoms with van der Waals surface area (Å²) in [6.07, 6.45) is 6.34. The molecule has 0 aromatic heterocycles. The van der Waals surface area contributed by atoms with Crippen molar-refractivity contribution in [3.63, 3.8) is 0 Å². The van der Waals surface area contributed by atoms with Crippen LogP contribution >= 0.6 is 0 Å². The summed E-state index contributed by atoms with van der Waals surface area (Å²) in [5, 5.41) is 10.3. The van der Waals surface area contributed by atoms with E-state index in [1.54, 1.807) is 0 Å². The van der Waals surface area contributed by atoms with E-state index in [0.717, 1.165) is 32.1 Å². The van der Waals surface area contributed by atoms with Gasteiger partial charge in [0.25, 0.3) is 0 Å². The Balaban J connectivity index is 0.000000207. The second-order valence-corrected chi connectivity index (χ2v) is 24.7. The smallest absolute Gasteiger partial charge is 0.178 e. The molecule has 3 aliphatic rings. The molecule has 0 saturated heterocycles. The van der Waals surface area contributed by atoms with E-state index in [1.165, 1.54) is 17.5 Å². The molecule has 0 bridgehead atoms. The Bertz CT molecular complexity index is 914. The lowest BCUT2D eigenvalue weighted by Crippen LogP contribution is -2.53. The molecule has 0 amide bonds. The average molecular weight is 517 g/mol. The fraction of sp³-hybridized carbons (Fsp3) is 0.767. The molecule has 198 valence electrons. The maximum absolute atomic E-state index is 12.3. The van der Waals surface area contributed by atoms with Crippen molar-refractivity contribution in [3.8, 4) is 5.75 Å². The number of hydrogen-bond donors (Lipinski definition) is 1. The first-order chi connectivity index (χ1) is 15.8. The lowest BCUT2D eigenvalue weighted by molar-refractivity contribution is -0.129. The van der Waals surface area contributed by atoms with E-state index < -0.39 is 16.6 Å². The van der Waals surface area contributed by atoms with Gasteiger partial charge in [-0.05, 0) is 109 Å². The van der Waals surface area contributed by atoms with Crippen molar-refractivity contribution in [3.05, 3.63) is 29.3 Å². The number of rotatable bonds is 2. The van der Waals surface area contributed by atoms with Crippen LogP contribution in [0.15, 0.2) is 18.2 Å². The van der Waals surface area contributed by atoms with Gasteiger partial charge in [0, 0.05) is 11.8 Å². The van der Waals surface area contributed by atoms with Crippen LogP contribution < -0.4 is 0 Å². The highest BCUT2D eigenvalue weighted by molar-refractivity contribution is 6.87. The molecular weight excluding hydrogens is 464 g/mol. The first-order valence-electron chi connectivity index (χ1n) is 13.9. The number of benzene rings is 1. The molecule has 3 aliphatic carbocycles. The van der Waals surface area contributed by atoms with Crippen LogP contribution in [0.3, 0.4) is 0 Å². The molecule has 35 heavy (non-hydrogen) atoms. The van der Waals surface area contributed by atoms with Crippen molar-refractivity contribution in [1.29, 1.82) is 0 Å². The van der Waals surface area contributed by atoms with Crippen LogP contribution in [0.5, 0.6) is 5.75 Å². The number of fused-ring (bicyclic) bond motifs is 5. The van der Waals surface area contributed by atoms with Crippen molar-refractivity contribution < 1.29 is 14.0 Å². The molecule has 0 aliphatic heterocycles. The van der Waals surface area contributed by atoms with Gasteiger partial charge >= 0.3 is 0 Å². The van der Waals surface area contributed by atoms with Gasteiger partial charge < -0.3 is 9.22 Å². The van der Waals surface area contributed by atoms with Gasteiger partial charge in [0.05, 0.1) is 0 Å². The van der Waals surface area contributed by atoms with E-state index in [2.05, 4.69) is 80.7 Å². The van der Waals surface area contributed by atoms with E-state index in [-0.39, 0.29) is 5.41 Å². The summed E-state index contributed by atoms with van der Waals surface area (Å²) in [4.78, 5) is 12.3. The van der Waals surface area contributed by atoms with E-state index in [0.29, 0.717) is 39.4 Å². The zero-order valence-electron chi connectivity index (χ0n) is 24.5. The van der Waals surface area contributed by atoms with Gasteiger partial charge in [-0.15, -0.1) is 0 Å². The third-order valence-electron chi connectivity index (χ3n) is 10.5. The molecule has 0 radical (unpaired) electrons. The highest BCUT2D eigenvalue weighted by Crippen LogP contribution is 2.59. The normalized spacial score (nSPS) is 29.0. The number of aryl methyl sites for hydroxylation is 1. The van der Waals surface area contributed by atoms with Gasteiger partial charge in [0.2, 0.25) is 0 Å². The molecule has 4 rings (SSSR count). The lowest BCUT2D eigenvalue weighted by Gasteiger charge is -2.48. The Morgan fingerprint density at radius 3 is 2.03 bits per heavy atom. The summed E-state index contributed by atoms with van der Waals surface area (Å²) >= 11 is 0. The summed E-state index contributed by atoms with van der Waals surface area (Å²) in [6.45, 7) is 25.5. The van der Waals surface area contributed by atoms with Crippen LogP contribution in [0.25, 0.3) is 0 Å². The summed E-state index contributed by atoms with van der Waals surface area (Å²) in [5.74, 6) is 2.78. The van der Waals surface area contributed by atoms with Gasteiger partial charge in [0.1, 0.15) is 11.5 Å². The molecule has 0 unspecified atom stereocenters. The third-order valence-corrected chi connectivity index (χ3v) is 21.8. The predicted octanol–water partition coefficient (Wildman–Crippen LogP) is 8.83. The van der Waals surface area contributed by atoms with Crippen LogP contribution in [-0.4, -0.2) is 27.5 Å². The summed E-state index contributed by atoms with van der Waals surface area (Å²) in [6, 6.07) is 5.90. The largest absolute Gasteiger partial charge is 0.508 e. The zero-order chi connectivity index (χ0) is 26.6. The molecule has 4 atom stereocenters. The van der Waals surface area contributed by atoms with Crippen molar-refractivity contribution in [1.82, 2.24) is 0 Å². The van der Waals surface area contributed by atoms with Crippen LogP contribution in [0.4, 0.5) is 0 Å². The van der Waals surface area contributed by atoms with E-state index in [1.807, 2.05) is 12.1 Å². The molecule has 2 saturated carbocycles. The second kappa shape index (κ2) is 9.43. The van der Waals surface area contributed by atoms with Crippen LogP contribution in [0.2, 0.25) is 36.3 Å². The van der Waals surface area contributed by atoms with E-state index in [4.69, 9.17) is 4.12 Å². The van der Waals surface area contributed by atoms with Gasteiger partial charge in [-0.3, -0.25) is 4.79 Å². The number of hydrogen-bond acceptors (Lipinski definition) is 3. The van der Waals surface area contributed by atoms with Crippen molar-refractivity contribution in [2.75, 3.05) is 0 Å². The number of phenols is 1. The van der Waals surface area contributed by atoms with Crippen molar-refractivity contribution in [2.45, 2.75) is 129 Å². The molecule has 1 aromatic rings. The van der Waals surface area contributed by atoms with Gasteiger partial charge in [-0.1, -0.05) is 54.5 Å². The molecule has 0 heterocycles. The highest BCUT2D eigenvalue weighted by Gasteiger charge is 2.54. The Kier molecular flexibility index (Phi) is 7.72. The number of aromatic hydroxyl groups is 1. The second-order valence-electron chi connectivity index (χ2n) is 14.8. The first kappa shape index (κ1) is 28.7. The number of phenolic OH excluding ortho intramolecular Hbond substituents is 1. The minimum Gasteiger partial charge on any atom is -0.508 e. The Hall–Kier alpha value is -0.916. The summed E-state index contributed by atoms with van der Waals surface area (Å²) < 4.78 is 6.63. The number of carbonyl (C=O) groups excluding carboxylic acids is 1. The van der Waals surface area contributed by atoms with E-state index in [9.17, 15) is 9.90 Å². The monoisotopic (exact) mass is 516 g/mol. The predicted molar refractivity (Wildman–Crippen MR) is 153 cm³/mol. The van der Waals surface area contributed by atoms with Gasteiger partial charge in [-0.25, -0.2) is 0 Å². The number of carbonyl (C=O) groups is 1. The van der Waals surface area contributed by atoms with Crippen LogP contribution in [0.1, 0.15) is 97.6 Å². The van der Waals surface area contributed by atoms with E-state index >= 15 is 0 Å². The zero-order valence-corrected chi connectivity index (χ0v) is 26.5. The fourth-order valence-corrected chi connectivity index (χ4v) is 13.8. The average Bonchev–Trinajstić information content (AvgIpc) is 3.00. The molecule has 5 heteroatoms. The Labute approximate surface area is 217 Å². The van der Waals surface area contributed by atoms with Crippen molar-refractivity contribution in [2.24, 2.45) is 17.3 Å². The molecular formula is C30H52O3Si2. The highest BCUT2D eigenvalue weighted by atomic mass is 28.4. The minimum absolute atomic E-state index is 0.0322. The first-order valence-corrected chi connectivity index (χ1v) is 19.7. The van der Waals surface area contributed by atoms with Crippen LogP contribution in [-0.2, 0) is 15.3 Å². The number of ketones is 1. The molecule has 2 fully saturated rings. The SMILES string of the molecule is CC(C)(C)[Si](C)(C)O[Si](C)(C)C(C)(C)C.C[C@]12CC[C@@H]3c4ccc(O)cc4CC[C@H]3[C@@H]1CCC2=O. The van der Waals surface area contributed by atoms with Crippen molar-refractivity contribution >= 4 is 22.4 Å². The number of Topliss-reactive ketones (excluding diaryl/α,β-unsaturated/α-hetero) is 1. The summed E-state index contributed by atoms with van der Waals surface area (Å²) in [7, 11) is -3.18. The third kappa shape index (κ3) is 5.52. The molecule has 1 aromatic carbocycles. The lowest BCUT2D eigenvalue weighted by atomic mass is 9.55. The standard InChI is InChI=1S/C18H22O2.C12H30OSi2/c1-18-9-8-14-13-5-3-12(19)10-11(13)2-4-15(14)16(18)6-7-17(18)20;1-11(2,3)14(7,8)13-15(9,10)12(4,5)6/h3,5,10,14-16,19H,2,4,6-9H2,1H3;1-10H3/t14-,15-,16+,18+;/m1./s1. The topological polar surface area (TPSA) is 46.5 Å². The fourth-order valence-electron chi connectivity index (χ4n) is 6.28. The van der Waals surface area contributed by atoms with Gasteiger partial charge in [-0.2, -0.15) is 0 Å². The minimum atomic E-state index is -1.59. The van der Waals surface area contributed by atoms with Crippen LogP contribution in [0, 0.1) is 17.3 Å². The van der Waals surface area contributed by atoms with Gasteiger partial charge in [0.15, 0.2) is 16.6 Å². The maximum Gasteiger partial charge on any atom is 0.178 e. The molecule has 3 nitrogen and oxygen atoms in total. The maximum atomic E-state index is 12.3. The summed E-state index contributed by atoms with van der Waals surface area (Å²) in [5.41, 5.74) is 2.75. The Morgan fingerprint density at radius 2 is 1.49 bits per heavy atom.